The van der Waals surface area contributed by atoms with Crippen LogP contribution in [0.2, 0.25) is 0 Å². The van der Waals surface area contributed by atoms with Gasteiger partial charge in [-0.15, -0.1) is 0 Å². The molecule has 0 aromatic heterocycles. The summed E-state index contributed by atoms with van der Waals surface area (Å²) in [5.74, 6) is 0.415. The van der Waals surface area contributed by atoms with Crippen molar-refractivity contribution in [3.8, 4) is 5.75 Å². The topological polar surface area (TPSA) is 56.8 Å². The van der Waals surface area contributed by atoms with Crippen LogP contribution in [0.3, 0.4) is 0 Å². The Kier molecular flexibility index (Phi) is 5.82. The number of carbonyl (C=O) groups excluding carboxylic acids is 1. The molecule has 0 aliphatic carbocycles. The van der Waals surface area contributed by atoms with Crippen LogP contribution in [0.4, 0.5) is 5.69 Å². The van der Waals surface area contributed by atoms with Gasteiger partial charge in [0.1, 0.15) is 5.75 Å². The average Bonchev–Trinajstić information content (AvgIpc) is 2.47. The van der Waals surface area contributed by atoms with Gasteiger partial charge >= 0.3 is 5.97 Å². The lowest BCUT2D eigenvalue weighted by Gasteiger charge is -2.34. The van der Waals surface area contributed by atoms with E-state index in [4.69, 9.17) is 14.2 Å². The minimum atomic E-state index is -0.959. The average molecular weight is 281 g/mol. The van der Waals surface area contributed by atoms with Crippen molar-refractivity contribution in [2.75, 3.05) is 26.1 Å². The van der Waals surface area contributed by atoms with Gasteiger partial charge in [0, 0.05) is 12.8 Å². The lowest BCUT2D eigenvalue weighted by atomic mass is 9.95. The quantitative estimate of drug-likeness (QED) is 0.778. The number of benzene rings is 1. The highest BCUT2D eigenvalue weighted by Crippen LogP contribution is 2.24. The minimum absolute atomic E-state index is 0.329. The molecule has 1 aromatic rings. The number of esters is 1. The maximum atomic E-state index is 12.2. The van der Waals surface area contributed by atoms with E-state index in [1.807, 2.05) is 31.2 Å². The van der Waals surface area contributed by atoms with E-state index in [1.54, 1.807) is 28.1 Å². The number of hydrogen-bond acceptors (Lipinski definition) is 5. The van der Waals surface area contributed by atoms with E-state index < -0.39 is 5.54 Å². The van der Waals surface area contributed by atoms with Gasteiger partial charge in [0.05, 0.1) is 19.8 Å². The molecule has 5 heteroatoms. The van der Waals surface area contributed by atoms with E-state index in [9.17, 15) is 4.79 Å². The molecule has 0 fully saturated rings. The van der Waals surface area contributed by atoms with Gasteiger partial charge in [-0.2, -0.15) is 0 Å². The van der Waals surface area contributed by atoms with Crippen LogP contribution >= 0.6 is 0 Å². The zero-order valence-corrected chi connectivity index (χ0v) is 12.7. The number of hydrogen-bond donors (Lipinski definition) is 1. The van der Waals surface area contributed by atoms with Gasteiger partial charge in [-0.05, 0) is 45.0 Å². The van der Waals surface area contributed by atoms with Gasteiger partial charge in [-0.3, -0.25) is 0 Å². The second-order valence-corrected chi connectivity index (χ2v) is 4.65. The van der Waals surface area contributed by atoms with E-state index in [0.29, 0.717) is 6.61 Å². The Morgan fingerprint density at radius 1 is 1.30 bits per heavy atom. The molecule has 0 aliphatic rings. The third-order valence-corrected chi connectivity index (χ3v) is 3.36. The molecule has 0 saturated heterocycles. The van der Waals surface area contributed by atoms with E-state index >= 15 is 0 Å². The van der Waals surface area contributed by atoms with Crippen molar-refractivity contribution >= 4 is 11.7 Å². The highest BCUT2D eigenvalue weighted by atomic mass is 16.5. The molecule has 0 spiro atoms. The molecule has 0 aliphatic heterocycles. The molecule has 1 N–H and O–H groups in total. The lowest BCUT2D eigenvalue weighted by Crippen LogP contribution is -2.53. The third kappa shape index (κ3) is 3.63. The van der Waals surface area contributed by atoms with Crippen LogP contribution in [-0.2, 0) is 14.3 Å². The maximum Gasteiger partial charge on any atom is 0.334 e. The minimum Gasteiger partial charge on any atom is -0.497 e. The predicted octanol–water partition coefficient (Wildman–Crippen LogP) is 2.46. The largest absolute Gasteiger partial charge is 0.497 e. The standard InChI is InChI=1S/C15H23NO4/c1-6-20-14(17)15(3,11(2)18-4)16-12-7-9-13(19-5)10-8-12/h7-11,16H,6H2,1-5H3. The summed E-state index contributed by atoms with van der Waals surface area (Å²) in [7, 11) is 3.18. The summed E-state index contributed by atoms with van der Waals surface area (Å²) in [5.41, 5.74) is -0.162. The van der Waals surface area contributed by atoms with Crippen LogP contribution in [0.25, 0.3) is 0 Å². The molecule has 1 rings (SSSR count). The van der Waals surface area contributed by atoms with Crippen LogP contribution in [0.15, 0.2) is 24.3 Å². The van der Waals surface area contributed by atoms with Crippen LogP contribution in [-0.4, -0.2) is 38.4 Å². The fourth-order valence-corrected chi connectivity index (χ4v) is 1.81. The van der Waals surface area contributed by atoms with Crippen molar-refractivity contribution in [1.82, 2.24) is 0 Å². The zero-order chi connectivity index (χ0) is 15.2. The van der Waals surface area contributed by atoms with Crippen LogP contribution in [0, 0.1) is 0 Å². The summed E-state index contributed by atoms with van der Waals surface area (Å²) < 4.78 is 15.6. The summed E-state index contributed by atoms with van der Waals surface area (Å²) in [5, 5.41) is 3.19. The Bertz CT molecular complexity index is 432. The van der Waals surface area contributed by atoms with E-state index in [0.717, 1.165) is 11.4 Å². The number of methoxy groups -OCH3 is 2. The third-order valence-electron chi connectivity index (χ3n) is 3.36. The number of ether oxygens (including phenoxy) is 3. The molecule has 5 nitrogen and oxygen atoms in total. The Labute approximate surface area is 120 Å². The van der Waals surface area contributed by atoms with Gasteiger partial charge in [0.15, 0.2) is 5.54 Å². The van der Waals surface area contributed by atoms with Crippen molar-refractivity contribution < 1.29 is 19.0 Å². The molecule has 112 valence electrons. The summed E-state index contributed by atoms with van der Waals surface area (Å²) in [6.45, 7) is 5.70. The first-order chi connectivity index (χ1) is 9.47. The van der Waals surface area contributed by atoms with Crippen LogP contribution in [0.1, 0.15) is 20.8 Å². The number of anilines is 1. The highest BCUT2D eigenvalue weighted by molar-refractivity contribution is 5.85. The number of rotatable bonds is 7. The molecule has 2 unspecified atom stereocenters. The fourth-order valence-electron chi connectivity index (χ4n) is 1.81. The van der Waals surface area contributed by atoms with Crippen LogP contribution in [0.5, 0.6) is 5.75 Å². The summed E-state index contributed by atoms with van der Waals surface area (Å²) in [6, 6.07) is 7.34. The Morgan fingerprint density at radius 3 is 2.35 bits per heavy atom. The molecule has 0 radical (unpaired) electrons. The molecule has 0 amide bonds. The Morgan fingerprint density at radius 2 is 1.90 bits per heavy atom. The molecular weight excluding hydrogens is 258 g/mol. The Balaban J connectivity index is 2.96. The van der Waals surface area contributed by atoms with Crippen molar-refractivity contribution in [2.24, 2.45) is 0 Å². The van der Waals surface area contributed by atoms with Gasteiger partial charge < -0.3 is 19.5 Å². The molecular formula is C15H23NO4. The number of nitrogens with one attached hydrogen (secondary N) is 1. The van der Waals surface area contributed by atoms with Gasteiger partial charge in [0.2, 0.25) is 0 Å². The summed E-state index contributed by atoms with van der Waals surface area (Å²) >= 11 is 0. The monoisotopic (exact) mass is 281 g/mol. The lowest BCUT2D eigenvalue weighted by molar-refractivity contribution is -0.152. The molecule has 1 aromatic carbocycles. The molecule has 2 atom stereocenters. The molecule has 0 saturated carbocycles. The summed E-state index contributed by atoms with van der Waals surface area (Å²) in [6.07, 6.45) is -0.344. The van der Waals surface area contributed by atoms with E-state index in [2.05, 4.69) is 5.32 Å². The summed E-state index contributed by atoms with van der Waals surface area (Å²) in [4.78, 5) is 12.2. The second-order valence-electron chi connectivity index (χ2n) is 4.65. The van der Waals surface area contributed by atoms with Crippen molar-refractivity contribution in [1.29, 1.82) is 0 Å². The first kappa shape index (κ1) is 16.3. The normalized spacial score (nSPS) is 15.1. The first-order valence-electron chi connectivity index (χ1n) is 6.60. The Hall–Kier alpha value is -1.75. The van der Waals surface area contributed by atoms with Crippen molar-refractivity contribution in [3.63, 3.8) is 0 Å². The molecule has 0 heterocycles. The second kappa shape index (κ2) is 7.14. The van der Waals surface area contributed by atoms with E-state index in [-0.39, 0.29) is 12.1 Å². The SMILES string of the molecule is CCOC(=O)C(C)(Nc1ccc(OC)cc1)C(C)OC. The zero-order valence-electron chi connectivity index (χ0n) is 12.7. The van der Waals surface area contributed by atoms with Gasteiger partial charge in [-0.25, -0.2) is 4.79 Å². The van der Waals surface area contributed by atoms with Crippen molar-refractivity contribution in [2.45, 2.75) is 32.4 Å². The molecule has 0 bridgehead atoms. The van der Waals surface area contributed by atoms with Crippen LogP contribution < -0.4 is 10.1 Å². The molecule has 20 heavy (non-hydrogen) atoms. The number of carbonyl (C=O) groups is 1. The van der Waals surface area contributed by atoms with E-state index in [1.165, 1.54) is 0 Å². The fraction of sp³-hybridized carbons (Fsp3) is 0.533. The van der Waals surface area contributed by atoms with Gasteiger partial charge in [-0.1, -0.05) is 0 Å². The van der Waals surface area contributed by atoms with Crippen molar-refractivity contribution in [3.05, 3.63) is 24.3 Å². The maximum absolute atomic E-state index is 12.2. The first-order valence-corrected chi connectivity index (χ1v) is 6.60. The smallest absolute Gasteiger partial charge is 0.334 e. The predicted molar refractivity (Wildman–Crippen MR) is 78.1 cm³/mol. The highest BCUT2D eigenvalue weighted by Gasteiger charge is 2.41. The van der Waals surface area contributed by atoms with Gasteiger partial charge in [0.25, 0.3) is 0 Å².